The second-order valence-corrected chi connectivity index (χ2v) is 7.55. The smallest absolute Gasteiger partial charge is 0.255 e. The van der Waals surface area contributed by atoms with Gasteiger partial charge in [-0.1, -0.05) is 25.5 Å². The third kappa shape index (κ3) is 4.44. The Bertz CT molecular complexity index is 1100. The van der Waals surface area contributed by atoms with Crippen LogP contribution in [0.25, 0.3) is 0 Å². The summed E-state index contributed by atoms with van der Waals surface area (Å²) in [4.78, 5) is 17.6. The topological polar surface area (TPSA) is 90.3 Å². The van der Waals surface area contributed by atoms with Crippen molar-refractivity contribution in [3.8, 4) is 11.5 Å². The van der Waals surface area contributed by atoms with E-state index in [0.717, 1.165) is 35.6 Å². The number of hydrogen-bond acceptors (Lipinski definition) is 6. The third-order valence-electron chi connectivity index (χ3n) is 5.35. The van der Waals surface area contributed by atoms with Gasteiger partial charge in [0.1, 0.15) is 23.9 Å². The van der Waals surface area contributed by atoms with E-state index in [-0.39, 0.29) is 5.91 Å². The molecule has 3 aromatic rings. The summed E-state index contributed by atoms with van der Waals surface area (Å²) in [7, 11) is 1.61. The monoisotopic (exact) mass is 433 g/mol. The summed E-state index contributed by atoms with van der Waals surface area (Å²) in [5.74, 6) is 1.91. The number of rotatable bonds is 8. The number of anilines is 2. The first-order valence-corrected chi connectivity index (χ1v) is 10.7. The van der Waals surface area contributed by atoms with Gasteiger partial charge in [0, 0.05) is 11.4 Å². The number of unbranched alkanes of at least 4 members (excludes halogenated alkanes) is 1. The lowest BCUT2D eigenvalue weighted by molar-refractivity contribution is -0.113. The molecule has 2 N–H and O–H groups in total. The molecule has 4 rings (SSSR count). The summed E-state index contributed by atoms with van der Waals surface area (Å²) in [6.07, 6.45) is 3.57. The molecule has 1 atom stereocenters. The normalized spacial score (nSPS) is 15.0. The Hall–Kier alpha value is -3.81. The van der Waals surface area contributed by atoms with Crippen molar-refractivity contribution in [2.24, 2.45) is 0 Å². The van der Waals surface area contributed by atoms with E-state index in [1.54, 1.807) is 36.1 Å². The number of amides is 1. The molecule has 1 aromatic heterocycles. The maximum Gasteiger partial charge on any atom is 0.255 e. The molecule has 2 aromatic carbocycles. The minimum atomic E-state index is -0.420. The second kappa shape index (κ2) is 9.55. The molecule has 0 saturated carbocycles. The van der Waals surface area contributed by atoms with Crippen LogP contribution < -0.4 is 20.1 Å². The van der Waals surface area contributed by atoms with E-state index in [4.69, 9.17) is 9.47 Å². The lowest BCUT2D eigenvalue weighted by Crippen LogP contribution is -2.31. The molecule has 0 bridgehead atoms. The van der Waals surface area contributed by atoms with Crippen molar-refractivity contribution in [2.45, 2.75) is 32.7 Å². The number of fused-ring (bicyclic) bond motifs is 1. The van der Waals surface area contributed by atoms with Gasteiger partial charge in [0.25, 0.3) is 5.91 Å². The highest BCUT2D eigenvalue weighted by atomic mass is 16.5. The lowest BCUT2D eigenvalue weighted by atomic mass is 9.95. The number of benzene rings is 2. The number of allylic oxidation sites excluding steroid dienone is 1. The van der Waals surface area contributed by atoms with Gasteiger partial charge in [0.2, 0.25) is 5.95 Å². The second-order valence-electron chi connectivity index (χ2n) is 7.55. The molecule has 1 aliphatic heterocycles. The lowest BCUT2D eigenvalue weighted by Gasteiger charge is -2.28. The maximum atomic E-state index is 13.4. The molecule has 8 heteroatoms. The fourth-order valence-electron chi connectivity index (χ4n) is 3.65. The quantitative estimate of drug-likeness (QED) is 0.512. The maximum absolute atomic E-state index is 13.4. The summed E-state index contributed by atoms with van der Waals surface area (Å²) in [6.45, 7) is 4.69. The van der Waals surface area contributed by atoms with E-state index < -0.39 is 6.04 Å². The molecular weight excluding hydrogens is 406 g/mol. The van der Waals surface area contributed by atoms with Crippen molar-refractivity contribution in [1.29, 1.82) is 0 Å². The fourth-order valence-corrected chi connectivity index (χ4v) is 3.65. The zero-order chi connectivity index (χ0) is 22.5. The van der Waals surface area contributed by atoms with Crippen LogP contribution in [0.1, 0.15) is 38.3 Å². The van der Waals surface area contributed by atoms with Crippen molar-refractivity contribution in [1.82, 2.24) is 14.8 Å². The van der Waals surface area contributed by atoms with Gasteiger partial charge >= 0.3 is 0 Å². The number of nitrogens with zero attached hydrogens (tertiary/aromatic N) is 3. The highest BCUT2D eigenvalue weighted by molar-refractivity contribution is 6.06. The van der Waals surface area contributed by atoms with Gasteiger partial charge in [-0.25, -0.2) is 4.68 Å². The van der Waals surface area contributed by atoms with Gasteiger partial charge in [0.05, 0.1) is 19.3 Å². The SMILES string of the molecule is CCCCOc1ccc([C@@H]2C(C(=O)Nc3ccc(OC)cc3)=C(C)Nc3ncnn32)cc1. The molecule has 2 heterocycles. The number of carbonyl (C=O) groups is 1. The van der Waals surface area contributed by atoms with E-state index in [0.29, 0.717) is 23.8 Å². The zero-order valence-corrected chi connectivity index (χ0v) is 18.5. The predicted molar refractivity (Wildman–Crippen MR) is 123 cm³/mol. The van der Waals surface area contributed by atoms with E-state index >= 15 is 0 Å². The van der Waals surface area contributed by atoms with Crippen molar-refractivity contribution < 1.29 is 14.3 Å². The molecule has 166 valence electrons. The van der Waals surface area contributed by atoms with Gasteiger partial charge in [-0.2, -0.15) is 10.1 Å². The average molecular weight is 434 g/mol. The molecule has 0 aliphatic carbocycles. The van der Waals surface area contributed by atoms with Crippen LogP contribution in [0.15, 0.2) is 66.1 Å². The molecule has 0 fully saturated rings. The third-order valence-corrected chi connectivity index (χ3v) is 5.35. The number of methoxy groups -OCH3 is 1. The largest absolute Gasteiger partial charge is 0.497 e. The Kier molecular flexibility index (Phi) is 6.39. The Morgan fingerprint density at radius 3 is 2.53 bits per heavy atom. The summed E-state index contributed by atoms with van der Waals surface area (Å²) >= 11 is 0. The van der Waals surface area contributed by atoms with Gasteiger partial charge in [-0.05, 0) is 55.3 Å². The van der Waals surface area contributed by atoms with Crippen molar-refractivity contribution in [3.05, 3.63) is 71.7 Å². The molecule has 0 saturated heterocycles. The predicted octanol–water partition coefficient (Wildman–Crippen LogP) is 4.39. The summed E-state index contributed by atoms with van der Waals surface area (Å²) in [6, 6.07) is 14.6. The van der Waals surface area contributed by atoms with Gasteiger partial charge < -0.3 is 20.1 Å². The van der Waals surface area contributed by atoms with Crippen molar-refractivity contribution in [3.63, 3.8) is 0 Å². The summed E-state index contributed by atoms with van der Waals surface area (Å²) < 4.78 is 12.7. The van der Waals surface area contributed by atoms with Crippen LogP contribution in [-0.2, 0) is 4.79 Å². The Morgan fingerprint density at radius 1 is 1.12 bits per heavy atom. The van der Waals surface area contributed by atoms with Crippen LogP contribution in [0.3, 0.4) is 0 Å². The number of ether oxygens (including phenoxy) is 2. The van der Waals surface area contributed by atoms with E-state index in [1.165, 1.54) is 6.33 Å². The fraction of sp³-hybridized carbons (Fsp3) is 0.292. The first-order chi connectivity index (χ1) is 15.6. The Morgan fingerprint density at radius 2 is 1.84 bits per heavy atom. The molecule has 8 nitrogen and oxygen atoms in total. The van der Waals surface area contributed by atoms with Gasteiger partial charge in [-0.3, -0.25) is 4.79 Å². The summed E-state index contributed by atoms with van der Waals surface area (Å²) in [5, 5.41) is 10.5. The number of nitrogens with one attached hydrogen (secondary N) is 2. The zero-order valence-electron chi connectivity index (χ0n) is 18.5. The molecule has 1 aliphatic rings. The van der Waals surface area contributed by atoms with E-state index in [9.17, 15) is 4.79 Å². The minimum absolute atomic E-state index is 0.213. The summed E-state index contributed by atoms with van der Waals surface area (Å²) in [5.41, 5.74) is 2.89. The van der Waals surface area contributed by atoms with Crippen LogP contribution in [0.5, 0.6) is 11.5 Å². The van der Waals surface area contributed by atoms with Crippen LogP contribution >= 0.6 is 0 Å². The molecule has 0 unspecified atom stereocenters. The van der Waals surface area contributed by atoms with Gasteiger partial charge in [0.15, 0.2) is 0 Å². The molecular formula is C24H27N5O3. The van der Waals surface area contributed by atoms with Crippen LogP contribution in [0.2, 0.25) is 0 Å². The Balaban J connectivity index is 1.62. The highest BCUT2D eigenvalue weighted by Gasteiger charge is 2.33. The number of aromatic nitrogens is 3. The van der Waals surface area contributed by atoms with Crippen molar-refractivity contribution in [2.75, 3.05) is 24.4 Å². The first kappa shape index (κ1) is 21.4. The van der Waals surface area contributed by atoms with E-state index in [1.807, 2.05) is 31.2 Å². The van der Waals surface area contributed by atoms with Crippen LogP contribution in [0, 0.1) is 0 Å². The number of hydrogen-bond donors (Lipinski definition) is 2. The standard InChI is InChI=1S/C24H27N5O3/c1-4-5-14-32-20-10-6-17(7-11-20)22-21(16(2)27-24-25-15-26-29(22)24)23(30)28-18-8-12-19(31-3)13-9-18/h6-13,15,22H,4-5,14H2,1-3H3,(H,28,30)(H,25,26,27)/t22-/m1/s1. The first-order valence-electron chi connectivity index (χ1n) is 10.7. The molecule has 32 heavy (non-hydrogen) atoms. The average Bonchev–Trinajstić information content (AvgIpc) is 3.27. The van der Waals surface area contributed by atoms with Gasteiger partial charge in [-0.15, -0.1) is 0 Å². The van der Waals surface area contributed by atoms with Crippen molar-refractivity contribution >= 4 is 17.5 Å². The molecule has 0 radical (unpaired) electrons. The Labute approximate surface area is 187 Å². The van der Waals surface area contributed by atoms with Crippen LogP contribution in [0.4, 0.5) is 11.6 Å². The number of carbonyl (C=O) groups excluding carboxylic acids is 1. The van der Waals surface area contributed by atoms with E-state index in [2.05, 4.69) is 27.6 Å². The molecule has 1 amide bonds. The van der Waals surface area contributed by atoms with Crippen LogP contribution in [-0.4, -0.2) is 34.4 Å². The minimum Gasteiger partial charge on any atom is -0.497 e. The molecule has 0 spiro atoms. The highest BCUT2D eigenvalue weighted by Crippen LogP contribution is 2.35.